The van der Waals surface area contributed by atoms with E-state index in [0.717, 1.165) is 16.1 Å². The maximum Gasteiger partial charge on any atom is 0.255 e. The summed E-state index contributed by atoms with van der Waals surface area (Å²) in [6.07, 6.45) is 2.94. The summed E-state index contributed by atoms with van der Waals surface area (Å²) in [4.78, 5) is 12.1. The SMILES string of the molecule is CS(=O)(=O)N(CCc1ccccc1)CC(=O)N/N=C/c1ccc(Cl)cc1Cl. The number of carbonyl (C=O) groups excluding carboxylic acids is 1. The van der Waals surface area contributed by atoms with Crippen LogP contribution >= 0.6 is 23.2 Å². The van der Waals surface area contributed by atoms with Crippen molar-refractivity contribution >= 4 is 45.3 Å². The molecule has 0 atom stereocenters. The number of halogens is 2. The van der Waals surface area contributed by atoms with Crippen LogP contribution in [0.4, 0.5) is 0 Å². The predicted octanol–water partition coefficient (Wildman–Crippen LogP) is 2.95. The lowest BCUT2D eigenvalue weighted by atomic mass is 10.1. The highest BCUT2D eigenvalue weighted by atomic mass is 35.5. The molecule has 0 aliphatic heterocycles. The number of hydrazone groups is 1. The van der Waals surface area contributed by atoms with Gasteiger partial charge in [-0.1, -0.05) is 59.6 Å². The van der Waals surface area contributed by atoms with E-state index < -0.39 is 15.9 Å². The molecule has 2 aromatic carbocycles. The Morgan fingerprint density at radius 1 is 1.19 bits per heavy atom. The predicted molar refractivity (Wildman–Crippen MR) is 109 cm³/mol. The number of hydrogen-bond donors (Lipinski definition) is 1. The van der Waals surface area contributed by atoms with Gasteiger partial charge in [-0.2, -0.15) is 9.41 Å². The highest BCUT2D eigenvalue weighted by Crippen LogP contribution is 2.19. The van der Waals surface area contributed by atoms with Crippen molar-refractivity contribution < 1.29 is 13.2 Å². The molecule has 0 bridgehead atoms. The van der Waals surface area contributed by atoms with E-state index in [9.17, 15) is 13.2 Å². The Hall–Kier alpha value is -1.93. The van der Waals surface area contributed by atoms with Crippen LogP contribution in [0.2, 0.25) is 10.0 Å². The number of benzene rings is 2. The fourth-order valence-corrected chi connectivity index (χ4v) is 3.47. The lowest BCUT2D eigenvalue weighted by Crippen LogP contribution is -2.40. The minimum Gasteiger partial charge on any atom is -0.272 e. The second-order valence-corrected chi connectivity index (χ2v) is 8.62. The molecule has 0 fully saturated rings. The minimum absolute atomic E-state index is 0.197. The van der Waals surface area contributed by atoms with Gasteiger partial charge in [0.2, 0.25) is 10.0 Å². The highest BCUT2D eigenvalue weighted by Gasteiger charge is 2.19. The number of nitrogens with one attached hydrogen (secondary N) is 1. The van der Waals surface area contributed by atoms with Crippen LogP contribution in [0.1, 0.15) is 11.1 Å². The summed E-state index contributed by atoms with van der Waals surface area (Å²) < 4.78 is 25.0. The van der Waals surface area contributed by atoms with Crippen LogP contribution in [0.3, 0.4) is 0 Å². The van der Waals surface area contributed by atoms with Gasteiger partial charge in [-0.05, 0) is 24.1 Å². The fourth-order valence-electron chi connectivity index (χ4n) is 2.24. The van der Waals surface area contributed by atoms with Crippen molar-refractivity contribution in [2.75, 3.05) is 19.3 Å². The van der Waals surface area contributed by atoms with Crippen LogP contribution in [0.15, 0.2) is 53.6 Å². The Balaban J connectivity index is 1.94. The molecule has 1 amide bonds. The molecule has 0 saturated heterocycles. The number of nitrogens with zero attached hydrogens (tertiary/aromatic N) is 2. The summed E-state index contributed by atoms with van der Waals surface area (Å²) in [5.74, 6) is -0.546. The maximum absolute atomic E-state index is 12.1. The zero-order chi connectivity index (χ0) is 19.9. The largest absolute Gasteiger partial charge is 0.272 e. The smallest absolute Gasteiger partial charge is 0.255 e. The van der Waals surface area contributed by atoms with E-state index in [0.29, 0.717) is 22.0 Å². The summed E-state index contributed by atoms with van der Waals surface area (Å²) in [7, 11) is -3.53. The topological polar surface area (TPSA) is 78.8 Å². The number of sulfonamides is 1. The van der Waals surface area contributed by atoms with E-state index in [1.807, 2.05) is 30.3 Å². The lowest BCUT2D eigenvalue weighted by molar-refractivity contribution is -0.121. The first-order valence-electron chi connectivity index (χ1n) is 8.02. The van der Waals surface area contributed by atoms with Crippen LogP contribution in [-0.2, 0) is 21.2 Å². The molecule has 0 unspecified atom stereocenters. The average Bonchev–Trinajstić information content (AvgIpc) is 2.60. The molecule has 2 aromatic rings. The quantitative estimate of drug-likeness (QED) is 0.519. The fraction of sp³-hybridized carbons (Fsp3) is 0.222. The number of carbonyl (C=O) groups is 1. The third kappa shape index (κ3) is 7.30. The Morgan fingerprint density at radius 3 is 2.52 bits per heavy atom. The van der Waals surface area contributed by atoms with E-state index in [-0.39, 0.29) is 13.1 Å². The molecule has 1 N–H and O–H groups in total. The first-order valence-corrected chi connectivity index (χ1v) is 10.6. The van der Waals surface area contributed by atoms with Gasteiger partial charge in [0.05, 0.1) is 24.0 Å². The van der Waals surface area contributed by atoms with Crippen molar-refractivity contribution in [1.29, 1.82) is 0 Å². The number of hydrogen-bond acceptors (Lipinski definition) is 4. The molecule has 9 heteroatoms. The van der Waals surface area contributed by atoms with Gasteiger partial charge in [0.1, 0.15) is 0 Å². The molecule has 0 aliphatic carbocycles. The van der Waals surface area contributed by atoms with Gasteiger partial charge in [-0.25, -0.2) is 13.8 Å². The third-order valence-electron chi connectivity index (χ3n) is 3.64. The first-order chi connectivity index (χ1) is 12.8. The van der Waals surface area contributed by atoms with Crippen molar-refractivity contribution in [3.63, 3.8) is 0 Å². The summed E-state index contributed by atoms with van der Waals surface area (Å²) in [6.45, 7) is -0.125. The third-order valence-corrected chi connectivity index (χ3v) is 5.45. The molecule has 0 heterocycles. The molecule has 0 aliphatic rings. The van der Waals surface area contributed by atoms with Crippen LogP contribution in [0.5, 0.6) is 0 Å². The van der Waals surface area contributed by atoms with Gasteiger partial charge in [-0.15, -0.1) is 0 Å². The van der Waals surface area contributed by atoms with Gasteiger partial charge in [0, 0.05) is 17.1 Å². The van der Waals surface area contributed by atoms with Gasteiger partial charge in [-0.3, -0.25) is 4.79 Å². The number of rotatable bonds is 8. The van der Waals surface area contributed by atoms with Crippen molar-refractivity contribution in [3.05, 3.63) is 69.7 Å². The van der Waals surface area contributed by atoms with Crippen LogP contribution in [0, 0.1) is 0 Å². The van der Waals surface area contributed by atoms with Gasteiger partial charge < -0.3 is 0 Å². The molecule has 6 nitrogen and oxygen atoms in total. The molecular formula is C18H19Cl2N3O3S. The zero-order valence-electron chi connectivity index (χ0n) is 14.6. The van der Waals surface area contributed by atoms with Gasteiger partial charge in [0.15, 0.2) is 0 Å². The molecule has 144 valence electrons. The van der Waals surface area contributed by atoms with Crippen molar-refractivity contribution in [1.82, 2.24) is 9.73 Å². The Labute approximate surface area is 168 Å². The molecule has 27 heavy (non-hydrogen) atoms. The molecular weight excluding hydrogens is 409 g/mol. The van der Waals surface area contributed by atoms with Crippen molar-refractivity contribution in [3.8, 4) is 0 Å². The molecule has 2 rings (SSSR count). The normalized spacial score (nSPS) is 11.9. The minimum atomic E-state index is -3.53. The van der Waals surface area contributed by atoms with Crippen molar-refractivity contribution in [2.45, 2.75) is 6.42 Å². The van der Waals surface area contributed by atoms with E-state index in [1.54, 1.807) is 18.2 Å². The molecule has 0 aromatic heterocycles. The van der Waals surface area contributed by atoms with Crippen LogP contribution < -0.4 is 5.43 Å². The lowest BCUT2D eigenvalue weighted by Gasteiger charge is -2.18. The Bertz CT molecular complexity index is 919. The van der Waals surface area contributed by atoms with E-state index in [2.05, 4.69) is 10.5 Å². The van der Waals surface area contributed by atoms with Gasteiger partial charge >= 0.3 is 0 Å². The average molecular weight is 428 g/mol. The summed E-state index contributed by atoms with van der Waals surface area (Å²) in [5.41, 5.74) is 3.87. The maximum atomic E-state index is 12.1. The Kier molecular flexibility index (Phi) is 7.79. The standard InChI is InChI=1S/C18H19Cl2N3O3S/c1-27(25,26)23(10-9-14-5-3-2-4-6-14)13-18(24)22-21-12-15-7-8-16(19)11-17(15)20/h2-8,11-12H,9-10,13H2,1H3,(H,22,24)/b21-12+. The Morgan fingerprint density at radius 2 is 1.89 bits per heavy atom. The highest BCUT2D eigenvalue weighted by molar-refractivity contribution is 7.88. The summed E-state index contributed by atoms with van der Waals surface area (Å²) in [5, 5.41) is 4.69. The van der Waals surface area contributed by atoms with E-state index in [4.69, 9.17) is 23.2 Å². The monoisotopic (exact) mass is 427 g/mol. The van der Waals surface area contributed by atoms with E-state index >= 15 is 0 Å². The second kappa shape index (κ2) is 9.85. The zero-order valence-corrected chi connectivity index (χ0v) is 16.9. The second-order valence-electron chi connectivity index (χ2n) is 5.79. The number of amides is 1. The van der Waals surface area contributed by atoms with Crippen LogP contribution in [0.25, 0.3) is 0 Å². The first kappa shape index (κ1) is 21.4. The molecule has 0 saturated carbocycles. The van der Waals surface area contributed by atoms with Gasteiger partial charge in [0.25, 0.3) is 5.91 Å². The summed E-state index contributed by atoms with van der Waals surface area (Å²) in [6, 6.07) is 14.3. The molecule has 0 spiro atoms. The van der Waals surface area contributed by atoms with Crippen LogP contribution in [-0.4, -0.2) is 44.2 Å². The summed E-state index contributed by atoms with van der Waals surface area (Å²) >= 11 is 11.8. The van der Waals surface area contributed by atoms with E-state index in [1.165, 1.54) is 6.21 Å². The molecule has 0 radical (unpaired) electrons. The van der Waals surface area contributed by atoms with Crippen molar-refractivity contribution in [2.24, 2.45) is 5.10 Å².